The fraction of sp³-hybridized carbons (Fsp3) is 0.600. The van der Waals surface area contributed by atoms with Crippen molar-refractivity contribution in [3.05, 3.63) is 47.7 Å². The smallest absolute Gasteiger partial charge is 0.410 e. The molecule has 1 fully saturated rings. The Morgan fingerprint density at radius 3 is 1.95 bits per heavy atom. The molecule has 2 N–H and O–H groups in total. The zero-order valence-electron chi connectivity index (χ0n) is 39.0. The summed E-state index contributed by atoms with van der Waals surface area (Å²) in [6, 6.07) is 4.19. The van der Waals surface area contributed by atoms with E-state index in [0.29, 0.717) is 5.06 Å². The molecule has 1 aromatic carbocycles. The standard InChI is InChI=1S/C45H66N6O11/c1-27(37(55)46-30(40(58)60-43(5,6)7)20-23-34(54)62-51-32(52)21-22-33(51)53)24-25-48(13)39(57)35(42(2,3)4)47-38(56)36(50(15)41(59)61-44(8,9)10)45(11,12)29-26-49(14)31-19-17-16-18-28(29)31/h16-19,24,26,30,35-36H,20-23,25H2,1-15H3,(H,46,55)(H,47,56)/b27-24+/t30-,35?,36-/m1/s1. The van der Waals surface area contributed by atoms with Crippen molar-refractivity contribution in [1.29, 1.82) is 0 Å². The van der Waals surface area contributed by atoms with Gasteiger partial charge in [0.05, 0.1) is 6.42 Å². The van der Waals surface area contributed by atoms with Crippen LogP contribution in [0.2, 0.25) is 0 Å². The number of likely N-dealkylation sites (N-methyl/N-ethyl adjacent to an activating group) is 2. The Bertz CT molecular complexity index is 2070. The third-order valence-corrected chi connectivity index (χ3v) is 10.2. The van der Waals surface area contributed by atoms with Gasteiger partial charge in [-0.05, 0) is 71.9 Å². The van der Waals surface area contributed by atoms with Crippen molar-refractivity contribution >= 4 is 58.5 Å². The SMILES string of the molecule is C/C(=C\CN(C)C(=O)C(NC(=O)[C@@H](N(C)C(=O)OC(C)(C)C)C(C)(C)c1cn(C)c2ccccc12)C(C)(C)C)C(=O)N[C@H](CCC(=O)ON1C(=O)CCC1=O)C(=O)OC(C)(C)C. The van der Waals surface area contributed by atoms with Crippen molar-refractivity contribution in [2.24, 2.45) is 12.5 Å². The summed E-state index contributed by atoms with van der Waals surface area (Å²) in [5, 5.41) is 6.85. The third-order valence-electron chi connectivity index (χ3n) is 10.2. The van der Waals surface area contributed by atoms with Gasteiger partial charge in [-0.2, -0.15) is 0 Å². The summed E-state index contributed by atoms with van der Waals surface area (Å²) in [6.45, 7) is 20.7. The highest BCUT2D eigenvalue weighted by atomic mass is 16.7. The van der Waals surface area contributed by atoms with Gasteiger partial charge in [-0.25, -0.2) is 14.4 Å². The molecule has 17 heteroatoms. The number of amides is 6. The van der Waals surface area contributed by atoms with E-state index in [1.54, 1.807) is 62.3 Å². The van der Waals surface area contributed by atoms with Crippen molar-refractivity contribution in [3.63, 3.8) is 0 Å². The van der Waals surface area contributed by atoms with Crippen LogP contribution in [0.4, 0.5) is 4.79 Å². The predicted molar refractivity (Wildman–Crippen MR) is 231 cm³/mol. The first-order chi connectivity index (χ1) is 28.3. The van der Waals surface area contributed by atoms with Crippen LogP contribution in [-0.2, 0) is 60.3 Å². The first kappa shape index (κ1) is 50.6. The molecule has 1 saturated heterocycles. The number of ether oxygens (including phenoxy) is 2. The van der Waals surface area contributed by atoms with E-state index in [1.807, 2.05) is 55.9 Å². The highest BCUT2D eigenvalue weighted by molar-refractivity contribution is 6.01. The molecule has 1 aliphatic rings. The lowest BCUT2D eigenvalue weighted by molar-refractivity contribution is -0.197. The van der Waals surface area contributed by atoms with Gasteiger partial charge in [-0.3, -0.25) is 28.9 Å². The number of carbonyl (C=O) groups excluding carboxylic acids is 8. The number of carbonyl (C=O) groups is 8. The highest BCUT2D eigenvalue weighted by Crippen LogP contribution is 2.37. The average Bonchev–Trinajstić information content (AvgIpc) is 3.65. The van der Waals surface area contributed by atoms with Crippen LogP contribution in [0, 0.1) is 5.41 Å². The van der Waals surface area contributed by atoms with E-state index in [1.165, 1.54) is 36.9 Å². The molecule has 2 aromatic rings. The van der Waals surface area contributed by atoms with Crippen LogP contribution in [0.25, 0.3) is 10.9 Å². The van der Waals surface area contributed by atoms with Gasteiger partial charge in [0.1, 0.15) is 29.3 Å². The van der Waals surface area contributed by atoms with Gasteiger partial charge in [0.25, 0.3) is 11.8 Å². The summed E-state index contributed by atoms with van der Waals surface area (Å²) < 4.78 is 13.1. The summed E-state index contributed by atoms with van der Waals surface area (Å²) in [6.07, 6.45) is 1.82. The molecule has 0 radical (unpaired) electrons. The Kier molecular flexibility index (Phi) is 15.9. The van der Waals surface area contributed by atoms with Crippen LogP contribution in [0.3, 0.4) is 0 Å². The van der Waals surface area contributed by atoms with Crippen LogP contribution in [0.15, 0.2) is 42.1 Å². The molecular formula is C45H66N6O11. The molecule has 342 valence electrons. The lowest BCUT2D eigenvalue weighted by Crippen LogP contribution is -2.62. The number of aryl methyl sites for hydroxylation is 1. The lowest BCUT2D eigenvalue weighted by Gasteiger charge is -2.41. The normalized spacial score (nSPS) is 15.4. The summed E-state index contributed by atoms with van der Waals surface area (Å²) in [5.74, 6) is -4.84. The topological polar surface area (TPSA) is 203 Å². The van der Waals surface area contributed by atoms with Crippen molar-refractivity contribution in [2.45, 2.75) is 144 Å². The average molecular weight is 867 g/mol. The number of fused-ring (bicyclic) bond motifs is 1. The van der Waals surface area contributed by atoms with E-state index in [2.05, 4.69) is 10.6 Å². The lowest BCUT2D eigenvalue weighted by atomic mass is 9.76. The highest BCUT2D eigenvalue weighted by Gasteiger charge is 2.46. The fourth-order valence-electron chi connectivity index (χ4n) is 6.94. The van der Waals surface area contributed by atoms with Crippen LogP contribution in [-0.4, -0.2) is 117 Å². The van der Waals surface area contributed by atoms with Crippen molar-refractivity contribution < 1.29 is 52.7 Å². The van der Waals surface area contributed by atoms with Crippen molar-refractivity contribution in [3.8, 4) is 0 Å². The Morgan fingerprint density at radius 1 is 0.839 bits per heavy atom. The Balaban J connectivity index is 1.85. The van der Waals surface area contributed by atoms with Gasteiger partial charge >= 0.3 is 18.0 Å². The van der Waals surface area contributed by atoms with Gasteiger partial charge in [0.15, 0.2) is 0 Å². The predicted octanol–water partition coefficient (Wildman–Crippen LogP) is 4.84. The molecule has 1 aromatic heterocycles. The van der Waals surface area contributed by atoms with E-state index >= 15 is 0 Å². The molecule has 1 unspecified atom stereocenters. The summed E-state index contributed by atoms with van der Waals surface area (Å²) >= 11 is 0. The Morgan fingerprint density at radius 2 is 1.40 bits per heavy atom. The summed E-state index contributed by atoms with van der Waals surface area (Å²) in [5.41, 5.74) is -1.75. The van der Waals surface area contributed by atoms with E-state index in [-0.39, 0.29) is 31.4 Å². The molecule has 62 heavy (non-hydrogen) atoms. The number of para-hydroxylation sites is 1. The van der Waals surface area contributed by atoms with Crippen LogP contribution < -0.4 is 10.6 Å². The number of hydroxylamine groups is 2. The van der Waals surface area contributed by atoms with Gasteiger partial charge in [-0.15, -0.1) is 5.06 Å². The molecule has 0 spiro atoms. The Labute approximate surface area is 364 Å². The van der Waals surface area contributed by atoms with Gasteiger partial charge < -0.3 is 34.4 Å². The minimum atomic E-state index is -1.31. The molecule has 0 bridgehead atoms. The third kappa shape index (κ3) is 13.1. The largest absolute Gasteiger partial charge is 0.458 e. The van der Waals surface area contributed by atoms with E-state index in [0.717, 1.165) is 16.5 Å². The molecule has 2 heterocycles. The van der Waals surface area contributed by atoms with E-state index < -0.39 is 94.1 Å². The number of hydrogen-bond acceptors (Lipinski definition) is 11. The number of rotatable bonds is 15. The molecule has 3 atom stereocenters. The maximum absolute atomic E-state index is 14.7. The van der Waals surface area contributed by atoms with Crippen LogP contribution >= 0.6 is 0 Å². The number of benzene rings is 1. The molecule has 17 nitrogen and oxygen atoms in total. The zero-order chi connectivity index (χ0) is 47.3. The number of nitrogens with one attached hydrogen (secondary N) is 2. The fourth-order valence-corrected chi connectivity index (χ4v) is 6.94. The zero-order valence-corrected chi connectivity index (χ0v) is 39.0. The first-order valence-corrected chi connectivity index (χ1v) is 20.7. The summed E-state index contributed by atoms with van der Waals surface area (Å²) in [4.78, 5) is 113. The molecule has 1 aliphatic heterocycles. The van der Waals surface area contributed by atoms with Gasteiger partial charge in [0.2, 0.25) is 17.7 Å². The first-order valence-electron chi connectivity index (χ1n) is 20.7. The number of aromatic nitrogens is 1. The second-order valence-corrected chi connectivity index (χ2v) is 19.4. The quantitative estimate of drug-likeness (QED) is 0.141. The van der Waals surface area contributed by atoms with Gasteiger partial charge in [0, 0.05) is 68.6 Å². The van der Waals surface area contributed by atoms with Gasteiger partial charge in [-0.1, -0.05) is 58.9 Å². The van der Waals surface area contributed by atoms with Crippen LogP contribution in [0.5, 0.6) is 0 Å². The number of nitrogens with zero attached hydrogens (tertiary/aromatic N) is 4. The minimum Gasteiger partial charge on any atom is -0.458 e. The molecule has 3 rings (SSSR count). The number of hydrogen-bond donors (Lipinski definition) is 2. The monoisotopic (exact) mass is 866 g/mol. The number of esters is 1. The van der Waals surface area contributed by atoms with Crippen molar-refractivity contribution in [1.82, 2.24) is 30.1 Å². The molecule has 0 aliphatic carbocycles. The minimum absolute atomic E-state index is 0.0788. The maximum Gasteiger partial charge on any atom is 0.410 e. The molecule has 6 amide bonds. The van der Waals surface area contributed by atoms with Crippen molar-refractivity contribution in [2.75, 3.05) is 20.6 Å². The second kappa shape index (κ2) is 19.5. The Hall–Kier alpha value is -5.74. The second-order valence-electron chi connectivity index (χ2n) is 19.4. The van der Waals surface area contributed by atoms with E-state index in [4.69, 9.17) is 14.3 Å². The molecular weight excluding hydrogens is 801 g/mol. The maximum atomic E-state index is 14.7. The van der Waals surface area contributed by atoms with E-state index in [9.17, 15) is 38.4 Å². The molecule has 0 saturated carbocycles. The van der Waals surface area contributed by atoms with Crippen LogP contribution in [0.1, 0.15) is 114 Å². The summed E-state index contributed by atoms with van der Waals surface area (Å²) in [7, 11) is 4.93. The number of imide groups is 1.